The first-order chi connectivity index (χ1) is 16.5. The van der Waals surface area contributed by atoms with E-state index in [9.17, 15) is 9.90 Å². The third-order valence-corrected chi connectivity index (χ3v) is 7.26. The zero-order valence-electron chi connectivity index (χ0n) is 21.5. The lowest BCUT2D eigenvalue weighted by molar-refractivity contribution is -0.163. The van der Waals surface area contributed by atoms with Gasteiger partial charge in [0.05, 0.1) is 32.0 Å². The maximum absolute atomic E-state index is 12.6. The minimum atomic E-state index is -0.684. The Morgan fingerprint density at radius 1 is 1.34 bits per heavy atom. The van der Waals surface area contributed by atoms with Crippen molar-refractivity contribution in [3.8, 4) is 5.75 Å². The number of benzene rings is 1. The third kappa shape index (κ3) is 7.00. The Hall–Kier alpha value is -2.07. The maximum atomic E-state index is 12.6. The van der Waals surface area contributed by atoms with Crippen molar-refractivity contribution in [1.29, 1.82) is 0 Å². The quantitative estimate of drug-likeness (QED) is 0.527. The van der Waals surface area contributed by atoms with Crippen LogP contribution in [-0.2, 0) is 20.6 Å². The first-order valence-electron chi connectivity index (χ1n) is 11.9. The predicted molar refractivity (Wildman–Crippen MR) is 138 cm³/mol. The molecule has 0 spiro atoms. The molecule has 0 aliphatic carbocycles. The number of methoxy groups -OCH3 is 1. The van der Waals surface area contributed by atoms with Gasteiger partial charge >= 0.3 is 6.09 Å². The van der Waals surface area contributed by atoms with Crippen LogP contribution in [0.4, 0.5) is 4.79 Å². The van der Waals surface area contributed by atoms with Crippen molar-refractivity contribution in [3.05, 3.63) is 42.5 Å². The number of amidine groups is 1. The molecule has 1 N–H and O–H groups in total. The second-order valence-corrected chi connectivity index (χ2v) is 11.0. The van der Waals surface area contributed by atoms with Crippen molar-refractivity contribution in [1.82, 2.24) is 4.90 Å². The average molecular weight is 507 g/mol. The van der Waals surface area contributed by atoms with E-state index in [0.717, 1.165) is 11.3 Å². The molecule has 1 unspecified atom stereocenters. The van der Waals surface area contributed by atoms with Gasteiger partial charge in [-0.25, -0.2) is 4.79 Å². The fourth-order valence-electron chi connectivity index (χ4n) is 4.22. The molecule has 6 atom stereocenters. The van der Waals surface area contributed by atoms with Crippen LogP contribution in [-0.4, -0.2) is 77.4 Å². The first-order valence-corrected chi connectivity index (χ1v) is 12.8. The number of hydrogen-bond acceptors (Lipinski definition) is 8. The van der Waals surface area contributed by atoms with Gasteiger partial charge in [0.1, 0.15) is 22.8 Å². The number of fused-ring (bicyclic) bond motifs is 1. The Kier molecular flexibility index (Phi) is 9.26. The van der Waals surface area contributed by atoms with Crippen molar-refractivity contribution in [2.45, 2.75) is 75.9 Å². The standard InChI is InChI=1S/C26H38N2O6S/c1-8-15-32-22-16(2)21(19(29)14-11-17-9-12-18(31-7)13-10-17)33-23-20(22)27-24(35-23)28(6)25(30)34-26(3,4)5/h8-10,12-13,16,19-23,29H,1,11,14-15H2,2-7H3/t16-,19?,20-,21+,22+,23-/m1/s1. The van der Waals surface area contributed by atoms with E-state index < -0.39 is 23.9 Å². The van der Waals surface area contributed by atoms with E-state index in [1.165, 1.54) is 16.7 Å². The number of carbonyl (C=O) groups is 1. The maximum Gasteiger partial charge on any atom is 0.416 e. The molecule has 3 rings (SSSR count). The van der Waals surface area contributed by atoms with E-state index in [4.69, 9.17) is 23.9 Å². The highest BCUT2D eigenvalue weighted by molar-refractivity contribution is 8.14. The van der Waals surface area contributed by atoms with Crippen LogP contribution in [0.1, 0.15) is 39.7 Å². The average Bonchev–Trinajstić information content (AvgIpc) is 3.24. The third-order valence-electron chi connectivity index (χ3n) is 6.05. The normalized spacial score (nSPS) is 26.9. The number of thioether (sulfide) groups is 1. The van der Waals surface area contributed by atoms with Gasteiger partial charge < -0.3 is 24.1 Å². The van der Waals surface area contributed by atoms with Crippen molar-refractivity contribution in [3.63, 3.8) is 0 Å². The number of aliphatic hydroxyl groups is 1. The smallest absolute Gasteiger partial charge is 0.416 e. The Bertz CT molecular complexity index is 900. The number of nitrogens with zero attached hydrogens (tertiary/aromatic N) is 2. The molecule has 1 saturated heterocycles. The summed E-state index contributed by atoms with van der Waals surface area (Å²) in [6.07, 6.45) is 1.07. The Morgan fingerprint density at radius 2 is 2.03 bits per heavy atom. The molecule has 35 heavy (non-hydrogen) atoms. The molecule has 0 radical (unpaired) electrons. The summed E-state index contributed by atoms with van der Waals surface area (Å²) in [6.45, 7) is 11.6. The Morgan fingerprint density at radius 3 is 2.63 bits per heavy atom. The second-order valence-electron chi connectivity index (χ2n) is 9.93. The van der Waals surface area contributed by atoms with Crippen LogP contribution in [0.15, 0.2) is 41.9 Å². The highest BCUT2D eigenvalue weighted by Gasteiger charge is 2.50. The van der Waals surface area contributed by atoms with Gasteiger partial charge in [-0.1, -0.05) is 36.9 Å². The van der Waals surface area contributed by atoms with Crippen molar-refractivity contribution in [2.75, 3.05) is 20.8 Å². The highest BCUT2D eigenvalue weighted by Crippen LogP contribution is 2.42. The molecule has 0 bridgehead atoms. The van der Waals surface area contributed by atoms with E-state index in [-0.39, 0.29) is 23.5 Å². The molecule has 1 fully saturated rings. The number of hydrogen-bond donors (Lipinski definition) is 1. The number of amides is 1. The molecular weight excluding hydrogens is 468 g/mol. The first kappa shape index (κ1) is 27.5. The second kappa shape index (κ2) is 11.8. The van der Waals surface area contributed by atoms with Gasteiger partial charge in [0.25, 0.3) is 0 Å². The number of carbonyl (C=O) groups excluding carboxylic acids is 1. The van der Waals surface area contributed by atoms with E-state index in [2.05, 4.69) is 6.58 Å². The van der Waals surface area contributed by atoms with Gasteiger partial charge in [-0.05, 0) is 51.3 Å². The number of aryl methyl sites for hydroxylation is 1. The number of rotatable bonds is 8. The topological polar surface area (TPSA) is 89.8 Å². The summed E-state index contributed by atoms with van der Waals surface area (Å²) in [4.78, 5) is 18.8. The van der Waals surface area contributed by atoms with Crippen LogP contribution in [0, 0.1) is 5.92 Å². The molecule has 1 aromatic rings. The summed E-state index contributed by atoms with van der Waals surface area (Å²) in [5, 5.41) is 11.6. The van der Waals surface area contributed by atoms with Gasteiger partial charge in [-0.3, -0.25) is 9.89 Å². The zero-order chi connectivity index (χ0) is 25.8. The fourth-order valence-corrected chi connectivity index (χ4v) is 5.38. The van der Waals surface area contributed by atoms with Crippen LogP contribution in [0.3, 0.4) is 0 Å². The minimum Gasteiger partial charge on any atom is -0.497 e. The number of aliphatic hydroxyl groups excluding tert-OH is 1. The lowest BCUT2D eigenvalue weighted by atomic mass is 9.85. The van der Waals surface area contributed by atoms with E-state index in [0.29, 0.717) is 24.6 Å². The summed E-state index contributed by atoms with van der Waals surface area (Å²) in [6, 6.07) is 7.53. The molecule has 2 aliphatic rings. The monoisotopic (exact) mass is 506 g/mol. The van der Waals surface area contributed by atoms with Crippen LogP contribution in [0.5, 0.6) is 5.75 Å². The van der Waals surface area contributed by atoms with Crippen molar-refractivity contribution in [2.24, 2.45) is 10.9 Å². The lowest BCUT2D eigenvalue weighted by Gasteiger charge is -2.43. The van der Waals surface area contributed by atoms with Gasteiger partial charge in [0, 0.05) is 13.0 Å². The molecule has 2 aliphatic heterocycles. The summed E-state index contributed by atoms with van der Waals surface area (Å²) < 4.78 is 23.2. The molecular formula is C26H38N2O6S. The Labute approximate surface area is 212 Å². The molecule has 1 amide bonds. The molecule has 0 saturated carbocycles. The number of aliphatic imine (C=N–C) groups is 1. The van der Waals surface area contributed by atoms with E-state index >= 15 is 0 Å². The Balaban J connectivity index is 1.70. The van der Waals surface area contributed by atoms with Crippen molar-refractivity contribution < 1.29 is 28.8 Å². The predicted octanol–water partition coefficient (Wildman–Crippen LogP) is 4.26. The molecule has 0 aromatic heterocycles. The zero-order valence-corrected chi connectivity index (χ0v) is 22.3. The van der Waals surface area contributed by atoms with Crippen molar-refractivity contribution >= 4 is 23.0 Å². The van der Waals surface area contributed by atoms with Gasteiger partial charge in [-0.15, -0.1) is 6.58 Å². The fraction of sp³-hybridized carbons (Fsp3) is 0.615. The molecule has 1 aromatic carbocycles. The van der Waals surface area contributed by atoms with Gasteiger partial charge in [0.15, 0.2) is 5.17 Å². The minimum absolute atomic E-state index is 0.113. The molecule has 8 nitrogen and oxygen atoms in total. The largest absolute Gasteiger partial charge is 0.497 e. The van der Waals surface area contributed by atoms with Gasteiger partial charge in [0.2, 0.25) is 0 Å². The molecule has 2 heterocycles. The molecule has 194 valence electrons. The van der Waals surface area contributed by atoms with E-state index in [1.54, 1.807) is 20.2 Å². The van der Waals surface area contributed by atoms with Crippen LogP contribution in [0.2, 0.25) is 0 Å². The van der Waals surface area contributed by atoms with Crippen LogP contribution < -0.4 is 4.74 Å². The van der Waals surface area contributed by atoms with Gasteiger partial charge in [-0.2, -0.15) is 0 Å². The molecule has 9 heteroatoms. The van der Waals surface area contributed by atoms with E-state index in [1.807, 2.05) is 52.0 Å². The lowest BCUT2D eigenvalue weighted by Crippen LogP contribution is -2.55. The van der Waals surface area contributed by atoms with Crippen LogP contribution in [0.25, 0.3) is 0 Å². The number of ether oxygens (including phenoxy) is 4. The summed E-state index contributed by atoms with van der Waals surface area (Å²) in [7, 11) is 3.28. The summed E-state index contributed by atoms with van der Waals surface area (Å²) in [5.41, 5.74) is 0.133. The SMILES string of the molecule is C=CCO[C@H]1[C@H](C)[C@@H](C(O)CCc2ccc(OC)cc2)O[C@@H]2SC(N(C)C(=O)OC(C)(C)C)=N[C@H]12. The highest BCUT2D eigenvalue weighted by atomic mass is 32.2. The summed E-state index contributed by atoms with van der Waals surface area (Å²) in [5.74, 6) is 0.690. The summed E-state index contributed by atoms with van der Waals surface area (Å²) >= 11 is 1.36. The van der Waals surface area contributed by atoms with Crippen LogP contribution >= 0.6 is 11.8 Å².